The summed E-state index contributed by atoms with van der Waals surface area (Å²) in [5.74, 6) is -0.330. The van der Waals surface area contributed by atoms with Crippen molar-refractivity contribution in [2.45, 2.75) is 4.90 Å². The van der Waals surface area contributed by atoms with Crippen molar-refractivity contribution in [2.24, 2.45) is 0 Å². The fraction of sp³-hybridized carbons (Fsp3) is 0.250. The smallest absolute Gasteiger partial charge is 0.537 e. The minimum absolute atomic E-state index is 0. The number of pyridine rings is 1. The summed E-state index contributed by atoms with van der Waals surface area (Å²) in [5.41, 5.74) is -0.0439. The molecule has 2 heterocycles. The summed E-state index contributed by atoms with van der Waals surface area (Å²) >= 11 is 11.7. The third-order valence-electron chi connectivity index (χ3n) is 3.72. The SMILES string of the molecule is O=C([N-]S(=O)(=O)c1ccc(N2CCOCC2)nc1)c1ccc(Cl)cc1Cl.[Na+]. The van der Waals surface area contributed by atoms with E-state index < -0.39 is 15.9 Å². The van der Waals surface area contributed by atoms with Gasteiger partial charge in [0.15, 0.2) is 0 Å². The van der Waals surface area contributed by atoms with E-state index in [0.29, 0.717) is 37.1 Å². The molecule has 0 spiro atoms. The van der Waals surface area contributed by atoms with Gasteiger partial charge < -0.3 is 19.2 Å². The van der Waals surface area contributed by atoms with Crippen LogP contribution in [-0.4, -0.2) is 45.6 Å². The maximum atomic E-state index is 12.4. The van der Waals surface area contributed by atoms with Gasteiger partial charge in [-0.2, -0.15) is 0 Å². The number of aromatic nitrogens is 1. The summed E-state index contributed by atoms with van der Waals surface area (Å²) in [6, 6.07) is 7.05. The molecule has 0 radical (unpaired) electrons. The Morgan fingerprint density at radius 3 is 2.44 bits per heavy atom. The summed E-state index contributed by atoms with van der Waals surface area (Å²) in [5, 5.41) is 0.361. The van der Waals surface area contributed by atoms with E-state index in [9.17, 15) is 13.2 Å². The molecule has 1 fully saturated rings. The molecule has 3 rings (SSSR count). The minimum atomic E-state index is -4.20. The van der Waals surface area contributed by atoms with Gasteiger partial charge in [-0.25, -0.2) is 13.4 Å². The van der Waals surface area contributed by atoms with E-state index >= 15 is 0 Å². The average molecular weight is 438 g/mol. The molecule has 27 heavy (non-hydrogen) atoms. The quantitative estimate of drug-likeness (QED) is 0.631. The van der Waals surface area contributed by atoms with Gasteiger partial charge >= 0.3 is 29.6 Å². The van der Waals surface area contributed by atoms with Crippen molar-refractivity contribution >= 4 is 45.0 Å². The second-order valence-corrected chi connectivity index (χ2v) is 7.89. The molecule has 0 bridgehead atoms. The van der Waals surface area contributed by atoms with Crippen LogP contribution in [0.3, 0.4) is 0 Å². The van der Waals surface area contributed by atoms with Crippen LogP contribution in [0.15, 0.2) is 41.4 Å². The number of rotatable bonds is 4. The van der Waals surface area contributed by atoms with Gasteiger partial charge in [-0.1, -0.05) is 23.2 Å². The maximum Gasteiger partial charge on any atom is 1.00 e. The first-order valence-electron chi connectivity index (χ1n) is 7.63. The first kappa shape index (κ1) is 22.4. The standard InChI is InChI=1S/C16H15Cl2N3O4S.Na/c17-11-1-3-13(14(18)9-11)16(22)20-26(23,24)12-2-4-15(19-10-12)21-5-7-25-8-6-21;/h1-4,9-10H,5-8H2,(H,20,22);/q;+1/p-1. The number of hydrogen-bond donors (Lipinski definition) is 0. The van der Waals surface area contributed by atoms with Crippen LogP contribution in [-0.2, 0) is 14.8 Å². The van der Waals surface area contributed by atoms with Crippen LogP contribution in [0.5, 0.6) is 0 Å². The topological polar surface area (TPSA) is 90.7 Å². The van der Waals surface area contributed by atoms with Crippen molar-refractivity contribution in [1.82, 2.24) is 4.98 Å². The van der Waals surface area contributed by atoms with Gasteiger partial charge in [0.2, 0.25) is 0 Å². The Morgan fingerprint density at radius 1 is 1.15 bits per heavy atom. The molecule has 1 aliphatic rings. The number of nitrogens with zero attached hydrogens (tertiary/aromatic N) is 3. The van der Waals surface area contributed by atoms with Gasteiger partial charge in [0.25, 0.3) is 0 Å². The molecule has 0 saturated carbocycles. The summed E-state index contributed by atoms with van der Waals surface area (Å²) in [4.78, 5) is 18.1. The molecule has 1 amide bonds. The zero-order valence-corrected chi connectivity index (χ0v) is 18.8. The van der Waals surface area contributed by atoms with Crippen LogP contribution in [0, 0.1) is 0 Å². The molecule has 0 aliphatic carbocycles. The van der Waals surface area contributed by atoms with Crippen LogP contribution in [0.2, 0.25) is 10.0 Å². The van der Waals surface area contributed by atoms with Gasteiger partial charge in [-0.15, -0.1) is 0 Å². The van der Waals surface area contributed by atoms with Gasteiger partial charge in [0.1, 0.15) is 15.8 Å². The number of ether oxygens (including phenoxy) is 1. The normalized spacial score (nSPS) is 14.4. The Kier molecular flexibility index (Phi) is 7.94. The number of carbonyl (C=O) groups excluding carboxylic acids is 1. The Morgan fingerprint density at radius 2 is 1.85 bits per heavy atom. The van der Waals surface area contributed by atoms with E-state index in [2.05, 4.69) is 9.71 Å². The second-order valence-electron chi connectivity index (χ2n) is 5.45. The van der Waals surface area contributed by atoms with E-state index in [-0.39, 0.29) is 45.0 Å². The summed E-state index contributed by atoms with van der Waals surface area (Å²) in [6.45, 7) is 2.54. The molecule has 1 saturated heterocycles. The number of morpholine rings is 1. The number of hydrogen-bond acceptors (Lipinski definition) is 6. The maximum absolute atomic E-state index is 12.4. The summed E-state index contributed by atoms with van der Waals surface area (Å²) in [7, 11) is -4.20. The van der Waals surface area contributed by atoms with E-state index in [4.69, 9.17) is 27.9 Å². The van der Waals surface area contributed by atoms with E-state index in [1.807, 2.05) is 4.90 Å². The third-order valence-corrected chi connectivity index (χ3v) is 5.51. The van der Waals surface area contributed by atoms with E-state index in [1.54, 1.807) is 6.07 Å². The molecule has 0 N–H and O–H groups in total. The van der Waals surface area contributed by atoms with Crippen LogP contribution in [0.4, 0.5) is 5.82 Å². The minimum Gasteiger partial charge on any atom is -0.537 e. The van der Waals surface area contributed by atoms with Crippen molar-refractivity contribution in [3.05, 3.63) is 56.9 Å². The molecule has 0 atom stereocenters. The molecule has 2 aromatic rings. The van der Waals surface area contributed by atoms with Crippen LogP contribution in [0.1, 0.15) is 10.4 Å². The fourth-order valence-electron chi connectivity index (χ4n) is 2.38. The van der Waals surface area contributed by atoms with Crippen LogP contribution >= 0.6 is 23.2 Å². The molecule has 7 nitrogen and oxygen atoms in total. The third kappa shape index (κ3) is 5.57. The van der Waals surface area contributed by atoms with Crippen molar-refractivity contribution in [2.75, 3.05) is 31.2 Å². The van der Waals surface area contributed by atoms with Crippen LogP contribution < -0.4 is 34.5 Å². The summed E-state index contributed by atoms with van der Waals surface area (Å²) < 4.78 is 33.3. The monoisotopic (exact) mass is 437 g/mol. The molecular formula is C16H14Cl2N3NaO4S. The predicted octanol–water partition coefficient (Wildman–Crippen LogP) is 0.132. The summed E-state index contributed by atoms with van der Waals surface area (Å²) in [6.07, 6.45) is 1.18. The largest absolute Gasteiger partial charge is 1.00 e. The predicted molar refractivity (Wildman–Crippen MR) is 98.6 cm³/mol. The first-order chi connectivity index (χ1) is 12.4. The van der Waals surface area contributed by atoms with Gasteiger partial charge in [-0.05, 0) is 30.3 Å². The second kappa shape index (κ2) is 9.56. The molecular weight excluding hydrogens is 424 g/mol. The number of sulfonamides is 1. The number of amides is 1. The van der Waals surface area contributed by atoms with Gasteiger partial charge in [0.05, 0.1) is 29.0 Å². The Bertz CT molecular complexity index is 920. The number of halogens is 2. The number of anilines is 1. The van der Waals surface area contributed by atoms with Gasteiger partial charge in [-0.3, -0.25) is 0 Å². The Balaban J connectivity index is 0.00000261. The fourth-order valence-corrected chi connectivity index (χ4v) is 3.72. The van der Waals surface area contributed by atoms with E-state index in [0.717, 1.165) is 0 Å². The molecule has 1 aliphatic heterocycles. The Labute approximate surface area is 189 Å². The molecule has 1 aromatic carbocycles. The van der Waals surface area contributed by atoms with Gasteiger partial charge in [0, 0.05) is 29.9 Å². The molecule has 0 unspecified atom stereocenters. The number of carbonyl (C=O) groups is 1. The van der Waals surface area contributed by atoms with Crippen LogP contribution in [0.25, 0.3) is 4.72 Å². The zero-order valence-electron chi connectivity index (χ0n) is 14.4. The molecule has 1 aromatic heterocycles. The van der Waals surface area contributed by atoms with Crippen molar-refractivity contribution in [1.29, 1.82) is 0 Å². The van der Waals surface area contributed by atoms with Crippen molar-refractivity contribution < 1.29 is 47.5 Å². The Hall–Kier alpha value is -0.870. The van der Waals surface area contributed by atoms with Crippen molar-refractivity contribution in [3.63, 3.8) is 0 Å². The molecule has 11 heteroatoms. The molecule has 138 valence electrons. The first-order valence-corrected chi connectivity index (χ1v) is 9.82. The van der Waals surface area contributed by atoms with Crippen molar-refractivity contribution in [3.8, 4) is 0 Å². The average Bonchev–Trinajstić information content (AvgIpc) is 2.62. The number of benzene rings is 1. The zero-order chi connectivity index (χ0) is 18.7. The van der Waals surface area contributed by atoms with E-state index in [1.165, 1.54) is 30.5 Å².